The summed E-state index contributed by atoms with van der Waals surface area (Å²) in [6, 6.07) is 6.83. The van der Waals surface area contributed by atoms with Gasteiger partial charge in [-0.05, 0) is 18.1 Å². The van der Waals surface area contributed by atoms with Crippen LogP contribution in [0.5, 0.6) is 0 Å². The van der Waals surface area contributed by atoms with Crippen molar-refractivity contribution in [1.82, 2.24) is 20.1 Å². The van der Waals surface area contributed by atoms with Crippen molar-refractivity contribution in [3.63, 3.8) is 0 Å². The van der Waals surface area contributed by atoms with Crippen LogP contribution in [0.25, 0.3) is 0 Å². The summed E-state index contributed by atoms with van der Waals surface area (Å²) < 4.78 is 0. The van der Waals surface area contributed by atoms with E-state index in [1.165, 1.54) is 0 Å². The molecule has 5 N–H and O–H groups in total. The molecule has 8 nitrogen and oxygen atoms in total. The molecule has 1 fully saturated rings. The number of nitrogens with zero attached hydrogens (tertiary/aromatic N) is 4. The topological polar surface area (TPSA) is 117 Å². The summed E-state index contributed by atoms with van der Waals surface area (Å²) in [6.07, 6.45) is 0.427. The van der Waals surface area contributed by atoms with Gasteiger partial charge in [0.05, 0.1) is 6.04 Å². The summed E-state index contributed by atoms with van der Waals surface area (Å²) in [4.78, 5) is 20.4. The summed E-state index contributed by atoms with van der Waals surface area (Å²) in [6.45, 7) is 2.43. The Balaban J connectivity index is 1.55. The normalized spacial score (nSPS) is 16.2. The molecule has 24 heavy (non-hydrogen) atoms. The molecule has 0 unspecified atom stereocenters. The Labute approximate surface area is 144 Å². The monoisotopic (exact) mass is 349 g/mol. The maximum atomic E-state index is 12.5. The van der Waals surface area contributed by atoms with E-state index in [0.29, 0.717) is 43.6 Å². The molecule has 2 aromatic rings. The molecule has 2 heterocycles. The predicted octanol–water partition coefficient (Wildman–Crippen LogP) is 0.259. The van der Waals surface area contributed by atoms with Crippen LogP contribution >= 0.6 is 11.6 Å². The number of nitrogen functional groups attached to an aromatic ring is 1. The lowest BCUT2D eigenvalue weighted by atomic mass is 10.1. The second-order valence-electron chi connectivity index (χ2n) is 5.74. The smallest absolute Gasteiger partial charge is 0.246 e. The zero-order valence-corrected chi connectivity index (χ0v) is 13.9. The molecule has 0 spiro atoms. The Bertz CT molecular complexity index is 711. The lowest BCUT2D eigenvalue weighted by Crippen LogP contribution is -2.54. The second kappa shape index (κ2) is 7.06. The molecule has 1 aliphatic rings. The lowest BCUT2D eigenvalue weighted by molar-refractivity contribution is -0.132. The van der Waals surface area contributed by atoms with Gasteiger partial charge in [-0.2, -0.15) is 4.98 Å². The maximum Gasteiger partial charge on any atom is 0.246 e. The number of carbonyl (C=O) groups is 1. The minimum atomic E-state index is -0.601. The highest BCUT2D eigenvalue weighted by atomic mass is 35.5. The predicted molar refractivity (Wildman–Crippen MR) is 92.7 cm³/mol. The van der Waals surface area contributed by atoms with Gasteiger partial charge in [0.25, 0.3) is 0 Å². The van der Waals surface area contributed by atoms with Crippen LogP contribution in [0.4, 0.5) is 11.9 Å². The van der Waals surface area contributed by atoms with E-state index in [-0.39, 0.29) is 11.9 Å². The summed E-state index contributed by atoms with van der Waals surface area (Å²) in [5, 5.41) is 7.28. The molecule has 1 aromatic heterocycles. The van der Waals surface area contributed by atoms with Crippen molar-refractivity contribution in [3.8, 4) is 0 Å². The van der Waals surface area contributed by atoms with Crippen molar-refractivity contribution in [2.24, 2.45) is 5.73 Å². The molecule has 0 bridgehead atoms. The average molecular weight is 350 g/mol. The van der Waals surface area contributed by atoms with Crippen LogP contribution in [0.1, 0.15) is 5.56 Å². The molecule has 1 atom stereocenters. The van der Waals surface area contributed by atoms with Gasteiger partial charge in [-0.1, -0.05) is 29.8 Å². The largest absolute Gasteiger partial charge is 0.368 e. The van der Waals surface area contributed by atoms with Crippen molar-refractivity contribution in [2.75, 3.05) is 36.8 Å². The van der Waals surface area contributed by atoms with Crippen LogP contribution in [-0.4, -0.2) is 58.2 Å². The third-order valence-electron chi connectivity index (χ3n) is 4.08. The third-order valence-corrected chi connectivity index (χ3v) is 4.45. The number of nitrogens with one attached hydrogen (secondary N) is 1. The van der Waals surface area contributed by atoms with Gasteiger partial charge in [0.1, 0.15) is 0 Å². The quantitative estimate of drug-likeness (QED) is 0.728. The highest BCUT2D eigenvalue weighted by molar-refractivity contribution is 6.31. The molecular weight excluding hydrogens is 330 g/mol. The average Bonchev–Trinajstić information content (AvgIpc) is 3.03. The van der Waals surface area contributed by atoms with Crippen molar-refractivity contribution in [1.29, 1.82) is 0 Å². The number of rotatable bonds is 4. The molecule has 128 valence electrons. The van der Waals surface area contributed by atoms with Crippen molar-refractivity contribution < 1.29 is 4.79 Å². The number of H-pyrrole nitrogens is 1. The molecule has 1 aromatic carbocycles. The number of amides is 1. The number of halogens is 1. The first-order valence-corrected chi connectivity index (χ1v) is 8.13. The Hall–Kier alpha value is -2.32. The summed E-state index contributed by atoms with van der Waals surface area (Å²) in [5.41, 5.74) is 12.5. The standard InChI is InChI=1S/C15H20ClN7O/c16-11-4-2-1-3-10(11)9-12(17)13(24)22-5-7-23(8-6-22)15-19-14(18)20-21-15/h1-4,12H,5-9,17H2,(H3,18,19,20,21)/t12-/m0/s1. The van der Waals surface area contributed by atoms with Crippen LogP contribution in [0, 0.1) is 0 Å². The molecule has 0 saturated carbocycles. The van der Waals surface area contributed by atoms with Crippen LogP contribution in [0.2, 0.25) is 5.02 Å². The summed E-state index contributed by atoms with van der Waals surface area (Å²) in [5.74, 6) is 0.773. The fraction of sp³-hybridized carbons (Fsp3) is 0.400. The summed E-state index contributed by atoms with van der Waals surface area (Å²) >= 11 is 6.13. The molecular formula is C15H20ClN7O. The number of piperazine rings is 1. The molecule has 1 saturated heterocycles. The third kappa shape index (κ3) is 3.60. The van der Waals surface area contributed by atoms with E-state index in [1.54, 1.807) is 11.0 Å². The number of aromatic nitrogens is 3. The van der Waals surface area contributed by atoms with Gasteiger partial charge >= 0.3 is 0 Å². The number of nitrogens with two attached hydrogens (primary N) is 2. The molecule has 9 heteroatoms. The van der Waals surface area contributed by atoms with Crippen LogP contribution in [0.3, 0.4) is 0 Å². The van der Waals surface area contributed by atoms with E-state index in [9.17, 15) is 4.79 Å². The Kier molecular flexibility index (Phi) is 4.86. The van der Waals surface area contributed by atoms with E-state index in [4.69, 9.17) is 23.1 Å². The fourth-order valence-electron chi connectivity index (χ4n) is 2.76. The van der Waals surface area contributed by atoms with E-state index < -0.39 is 6.04 Å². The first kappa shape index (κ1) is 16.5. The first-order chi connectivity index (χ1) is 11.5. The zero-order valence-electron chi connectivity index (χ0n) is 13.2. The molecule has 1 aliphatic heterocycles. The van der Waals surface area contributed by atoms with Crippen molar-refractivity contribution >= 4 is 29.4 Å². The van der Waals surface area contributed by atoms with Crippen LogP contribution < -0.4 is 16.4 Å². The number of aromatic amines is 1. The van der Waals surface area contributed by atoms with Crippen LogP contribution in [0.15, 0.2) is 24.3 Å². The van der Waals surface area contributed by atoms with Gasteiger partial charge in [-0.15, -0.1) is 5.10 Å². The number of carbonyl (C=O) groups excluding carboxylic acids is 1. The highest BCUT2D eigenvalue weighted by Gasteiger charge is 2.27. The molecule has 3 rings (SSSR count). The van der Waals surface area contributed by atoms with E-state index in [0.717, 1.165) is 5.56 Å². The minimum absolute atomic E-state index is 0.0657. The fourth-order valence-corrected chi connectivity index (χ4v) is 2.97. The maximum absolute atomic E-state index is 12.5. The van der Waals surface area contributed by atoms with Crippen molar-refractivity contribution in [3.05, 3.63) is 34.9 Å². The Morgan fingerprint density at radius 3 is 2.62 bits per heavy atom. The van der Waals surface area contributed by atoms with E-state index >= 15 is 0 Å². The Morgan fingerprint density at radius 2 is 2.00 bits per heavy atom. The van der Waals surface area contributed by atoms with Crippen LogP contribution in [-0.2, 0) is 11.2 Å². The first-order valence-electron chi connectivity index (χ1n) is 7.75. The number of hydrogen-bond donors (Lipinski definition) is 3. The molecule has 0 aliphatic carbocycles. The second-order valence-corrected chi connectivity index (χ2v) is 6.14. The van der Waals surface area contributed by atoms with Gasteiger partial charge in [-0.25, -0.2) is 5.10 Å². The molecule has 0 radical (unpaired) electrons. The van der Waals surface area contributed by atoms with Gasteiger partial charge < -0.3 is 21.3 Å². The Morgan fingerprint density at radius 1 is 1.29 bits per heavy atom. The van der Waals surface area contributed by atoms with E-state index in [1.807, 2.05) is 23.1 Å². The number of hydrogen-bond acceptors (Lipinski definition) is 6. The van der Waals surface area contributed by atoms with Gasteiger partial charge in [0.15, 0.2) is 0 Å². The van der Waals surface area contributed by atoms with Gasteiger partial charge in [0, 0.05) is 31.2 Å². The summed E-state index contributed by atoms with van der Waals surface area (Å²) in [7, 11) is 0. The van der Waals surface area contributed by atoms with Gasteiger partial charge in [0.2, 0.25) is 17.8 Å². The highest BCUT2D eigenvalue weighted by Crippen LogP contribution is 2.17. The number of anilines is 2. The number of benzene rings is 1. The zero-order chi connectivity index (χ0) is 17.1. The minimum Gasteiger partial charge on any atom is -0.368 e. The van der Waals surface area contributed by atoms with E-state index in [2.05, 4.69) is 15.2 Å². The molecule has 1 amide bonds. The van der Waals surface area contributed by atoms with Gasteiger partial charge in [-0.3, -0.25) is 4.79 Å². The SMILES string of the molecule is Nc1nc(N2CCN(C(=O)[C@@H](N)Cc3ccccc3Cl)CC2)n[nH]1. The lowest BCUT2D eigenvalue weighted by Gasteiger charge is -2.35. The van der Waals surface area contributed by atoms with Crippen molar-refractivity contribution in [2.45, 2.75) is 12.5 Å².